The number of nitrogens with zero attached hydrogens (tertiary/aromatic N) is 1. The Balaban J connectivity index is 2.44. The van der Waals surface area contributed by atoms with Crippen molar-refractivity contribution in [2.45, 2.75) is 31.2 Å². The van der Waals surface area contributed by atoms with Gasteiger partial charge in [0.15, 0.2) is 0 Å². The molecule has 0 unspecified atom stereocenters. The average Bonchev–Trinajstić information content (AvgIpc) is 2.48. The molecule has 0 saturated carbocycles. The van der Waals surface area contributed by atoms with E-state index in [0.29, 0.717) is 0 Å². The summed E-state index contributed by atoms with van der Waals surface area (Å²) in [6.07, 6.45) is 7.49. The van der Waals surface area contributed by atoms with Gasteiger partial charge in [-0.1, -0.05) is 13.3 Å². The van der Waals surface area contributed by atoms with E-state index >= 15 is 0 Å². The SMILES string of the molecule is CCCCc1ncc(SC)[nH]1. The van der Waals surface area contributed by atoms with Gasteiger partial charge in [0, 0.05) is 6.42 Å². The number of aromatic amines is 1. The summed E-state index contributed by atoms with van der Waals surface area (Å²) in [5.74, 6) is 1.12. The number of hydrogen-bond acceptors (Lipinski definition) is 2. The summed E-state index contributed by atoms with van der Waals surface area (Å²) in [5.41, 5.74) is 0. The van der Waals surface area contributed by atoms with Crippen LogP contribution in [-0.2, 0) is 6.42 Å². The van der Waals surface area contributed by atoms with Crippen molar-refractivity contribution >= 4 is 11.8 Å². The molecular weight excluding hydrogens is 156 g/mol. The van der Waals surface area contributed by atoms with Gasteiger partial charge in [0.25, 0.3) is 0 Å². The highest BCUT2D eigenvalue weighted by molar-refractivity contribution is 7.98. The first kappa shape index (κ1) is 8.65. The Morgan fingerprint density at radius 3 is 3.00 bits per heavy atom. The van der Waals surface area contributed by atoms with E-state index in [1.54, 1.807) is 11.8 Å². The van der Waals surface area contributed by atoms with Crippen LogP contribution >= 0.6 is 11.8 Å². The first-order valence-electron chi connectivity index (χ1n) is 3.94. The molecule has 0 fully saturated rings. The van der Waals surface area contributed by atoms with Crippen LogP contribution in [0.3, 0.4) is 0 Å². The van der Waals surface area contributed by atoms with Crippen molar-refractivity contribution in [3.8, 4) is 0 Å². The Morgan fingerprint density at radius 1 is 1.64 bits per heavy atom. The fourth-order valence-corrected chi connectivity index (χ4v) is 1.30. The second-order valence-electron chi connectivity index (χ2n) is 2.50. The first-order chi connectivity index (χ1) is 5.36. The van der Waals surface area contributed by atoms with Gasteiger partial charge in [0.1, 0.15) is 5.82 Å². The molecule has 0 aliphatic rings. The molecule has 1 rings (SSSR count). The van der Waals surface area contributed by atoms with Crippen LogP contribution in [0.25, 0.3) is 0 Å². The van der Waals surface area contributed by atoms with Crippen molar-refractivity contribution in [1.82, 2.24) is 9.97 Å². The van der Waals surface area contributed by atoms with Crippen molar-refractivity contribution in [3.05, 3.63) is 12.0 Å². The van der Waals surface area contributed by atoms with Crippen LogP contribution in [0, 0.1) is 0 Å². The Hall–Kier alpha value is -0.440. The minimum Gasteiger partial charge on any atom is -0.337 e. The molecule has 1 N–H and O–H groups in total. The topological polar surface area (TPSA) is 28.7 Å². The highest BCUT2D eigenvalue weighted by Crippen LogP contribution is 2.11. The van der Waals surface area contributed by atoms with Gasteiger partial charge in [-0.3, -0.25) is 0 Å². The standard InChI is InChI=1S/C8H14N2S/c1-3-4-5-7-9-6-8(10-7)11-2/h6H,3-5H2,1-2H3,(H,9,10). The Morgan fingerprint density at radius 2 is 2.45 bits per heavy atom. The fourth-order valence-electron chi connectivity index (χ4n) is 0.918. The number of aromatic nitrogens is 2. The summed E-state index contributed by atoms with van der Waals surface area (Å²) in [4.78, 5) is 7.50. The summed E-state index contributed by atoms with van der Waals surface area (Å²) in [7, 11) is 0. The third kappa shape index (κ3) is 2.58. The number of hydrogen-bond donors (Lipinski definition) is 1. The molecule has 11 heavy (non-hydrogen) atoms. The van der Waals surface area contributed by atoms with Crippen LogP contribution in [0.5, 0.6) is 0 Å². The van der Waals surface area contributed by atoms with Crippen molar-refractivity contribution in [1.29, 1.82) is 0 Å². The van der Waals surface area contributed by atoms with E-state index < -0.39 is 0 Å². The lowest BCUT2D eigenvalue weighted by atomic mass is 10.2. The normalized spacial score (nSPS) is 10.4. The van der Waals surface area contributed by atoms with E-state index in [-0.39, 0.29) is 0 Å². The molecule has 0 radical (unpaired) electrons. The van der Waals surface area contributed by atoms with Crippen molar-refractivity contribution in [2.75, 3.05) is 6.26 Å². The molecule has 1 aromatic rings. The predicted molar refractivity (Wildman–Crippen MR) is 49.0 cm³/mol. The molecule has 1 aromatic heterocycles. The van der Waals surface area contributed by atoms with Gasteiger partial charge in [0.2, 0.25) is 0 Å². The number of aryl methyl sites for hydroxylation is 1. The zero-order valence-corrected chi connectivity index (χ0v) is 7.87. The van der Waals surface area contributed by atoms with Gasteiger partial charge in [-0.25, -0.2) is 4.98 Å². The van der Waals surface area contributed by atoms with Gasteiger partial charge in [-0.05, 0) is 12.7 Å². The van der Waals surface area contributed by atoms with Crippen LogP contribution in [0.4, 0.5) is 0 Å². The first-order valence-corrected chi connectivity index (χ1v) is 5.17. The molecule has 2 nitrogen and oxygen atoms in total. The Labute approximate surface area is 71.8 Å². The number of imidazole rings is 1. The molecule has 0 spiro atoms. The van der Waals surface area contributed by atoms with Crippen LogP contribution < -0.4 is 0 Å². The maximum absolute atomic E-state index is 4.25. The summed E-state index contributed by atoms with van der Waals surface area (Å²) in [5, 5.41) is 1.16. The van der Waals surface area contributed by atoms with Crippen LogP contribution in [-0.4, -0.2) is 16.2 Å². The van der Waals surface area contributed by atoms with E-state index in [9.17, 15) is 0 Å². The lowest BCUT2D eigenvalue weighted by molar-refractivity contribution is 0.759. The van der Waals surface area contributed by atoms with Crippen molar-refractivity contribution < 1.29 is 0 Å². The molecule has 1 heterocycles. The minimum atomic E-state index is 1.08. The average molecular weight is 170 g/mol. The molecule has 0 amide bonds. The van der Waals surface area contributed by atoms with Crippen LogP contribution in [0.1, 0.15) is 25.6 Å². The molecule has 0 aliphatic carbocycles. The monoisotopic (exact) mass is 170 g/mol. The van der Waals surface area contributed by atoms with Crippen LogP contribution in [0.15, 0.2) is 11.2 Å². The molecule has 0 aliphatic heterocycles. The van der Waals surface area contributed by atoms with Crippen molar-refractivity contribution in [3.63, 3.8) is 0 Å². The number of nitrogens with one attached hydrogen (secondary N) is 1. The third-order valence-electron chi connectivity index (χ3n) is 1.59. The fraction of sp³-hybridized carbons (Fsp3) is 0.625. The molecule has 0 saturated heterocycles. The zero-order chi connectivity index (χ0) is 8.10. The summed E-state index contributed by atoms with van der Waals surface area (Å²) < 4.78 is 0. The van der Waals surface area contributed by atoms with E-state index in [1.165, 1.54) is 12.8 Å². The zero-order valence-electron chi connectivity index (χ0n) is 7.05. The lowest BCUT2D eigenvalue weighted by Crippen LogP contribution is -1.86. The van der Waals surface area contributed by atoms with Gasteiger partial charge >= 0.3 is 0 Å². The maximum atomic E-state index is 4.25. The number of thioether (sulfide) groups is 1. The minimum absolute atomic E-state index is 1.08. The summed E-state index contributed by atoms with van der Waals surface area (Å²) in [6.45, 7) is 2.19. The Bertz CT molecular complexity index is 208. The van der Waals surface area contributed by atoms with Gasteiger partial charge in [-0.2, -0.15) is 0 Å². The molecule has 0 bridgehead atoms. The highest BCUT2D eigenvalue weighted by atomic mass is 32.2. The number of unbranched alkanes of at least 4 members (excludes halogenated alkanes) is 1. The lowest BCUT2D eigenvalue weighted by Gasteiger charge is -1.91. The quantitative estimate of drug-likeness (QED) is 0.703. The van der Waals surface area contributed by atoms with Gasteiger partial charge in [0.05, 0.1) is 11.2 Å². The van der Waals surface area contributed by atoms with E-state index in [2.05, 4.69) is 23.1 Å². The van der Waals surface area contributed by atoms with Gasteiger partial charge in [-0.15, -0.1) is 11.8 Å². The third-order valence-corrected chi connectivity index (χ3v) is 2.24. The smallest absolute Gasteiger partial charge is 0.106 e. The van der Waals surface area contributed by atoms with E-state index in [0.717, 1.165) is 17.3 Å². The predicted octanol–water partition coefficient (Wildman–Crippen LogP) is 2.47. The molecule has 62 valence electrons. The van der Waals surface area contributed by atoms with E-state index in [1.807, 2.05) is 6.20 Å². The Kier molecular flexibility index (Phi) is 3.49. The summed E-state index contributed by atoms with van der Waals surface area (Å²) in [6, 6.07) is 0. The highest BCUT2D eigenvalue weighted by Gasteiger charge is 1.97. The molecule has 0 aromatic carbocycles. The van der Waals surface area contributed by atoms with E-state index in [4.69, 9.17) is 0 Å². The molecular formula is C8H14N2S. The number of rotatable bonds is 4. The molecule has 3 heteroatoms. The summed E-state index contributed by atoms with van der Waals surface area (Å²) >= 11 is 1.71. The maximum Gasteiger partial charge on any atom is 0.106 e. The largest absolute Gasteiger partial charge is 0.337 e. The van der Waals surface area contributed by atoms with Crippen LogP contribution in [0.2, 0.25) is 0 Å². The second-order valence-corrected chi connectivity index (χ2v) is 3.35. The van der Waals surface area contributed by atoms with Crippen molar-refractivity contribution in [2.24, 2.45) is 0 Å². The van der Waals surface area contributed by atoms with Gasteiger partial charge < -0.3 is 4.98 Å². The number of H-pyrrole nitrogens is 1. The second kappa shape index (κ2) is 4.44. The molecule has 0 atom stereocenters.